The summed E-state index contributed by atoms with van der Waals surface area (Å²) in [5.41, 5.74) is 0. The maximum Gasteiger partial charge on any atom is 0.0959 e. The molecule has 0 aliphatic carbocycles. The highest BCUT2D eigenvalue weighted by atomic mass is 16.4. The smallest absolute Gasteiger partial charge is 0.0959 e. The fourth-order valence-electron chi connectivity index (χ4n) is 5.66. The van der Waals surface area contributed by atoms with Gasteiger partial charge in [-0.1, -0.05) is 181 Å². The molecule has 3 heteroatoms. The Hall–Kier alpha value is -1.09. The van der Waals surface area contributed by atoms with Crippen LogP contribution in [-0.2, 0) is 4.79 Å². The van der Waals surface area contributed by atoms with E-state index in [9.17, 15) is 0 Å². The second-order valence-corrected chi connectivity index (χ2v) is 13.7. The van der Waals surface area contributed by atoms with Crippen LogP contribution >= 0.6 is 0 Å². The molecule has 0 saturated carbocycles. The third kappa shape index (κ3) is 45.5. The molecule has 0 atom stereocenters. The Kier molecular flexibility index (Phi) is 38.0. The molecule has 0 spiro atoms. The highest BCUT2D eigenvalue weighted by Gasteiger charge is 2.05. The summed E-state index contributed by atoms with van der Waals surface area (Å²) in [6.45, 7) is 5.58. The molecule has 0 radical (unpaired) electrons. The minimum absolute atomic E-state index is 0.886. The van der Waals surface area contributed by atoms with E-state index in [0.717, 1.165) is 11.4 Å². The van der Waals surface area contributed by atoms with Crippen molar-refractivity contribution < 1.29 is 14.4 Å². The van der Waals surface area contributed by atoms with Gasteiger partial charge in [0, 0.05) is 5.97 Å². The lowest BCUT2D eigenvalue weighted by molar-refractivity contribution is -0.784. The van der Waals surface area contributed by atoms with E-state index in [1.54, 1.807) is 0 Å². The van der Waals surface area contributed by atoms with Gasteiger partial charge in [0.2, 0.25) is 0 Å². The molecular weight excluding hydrogens is 526 g/mol. The van der Waals surface area contributed by atoms with Crippen LogP contribution in [0.1, 0.15) is 213 Å². The summed E-state index contributed by atoms with van der Waals surface area (Å²) < 4.78 is 0.886. The molecule has 3 nitrogen and oxygen atoms in total. The summed E-state index contributed by atoms with van der Waals surface area (Å²) in [6.07, 6.45) is 52.4. The van der Waals surface area contributed by atoms with Crippen molar-refractivity contribution in [2.75, 3.05) is 14.1 Å². The van der Waals surface area contributed by atoms with Crippen molar-refractivity contribution in [3.63, 3.8) is 0 Å². The molecule has 0 N–H and O–H groups in total. The molecule has 43 heavy (non-hydrogen) atoms. The van der Waals surface area contributed by atoms with Crippen LogP contribution in [0.4, 0.5) is 0 Å². The van der Waals surface area contributed by atoms with E-state index >= 15 is 0 Å². The standard InChI is InChI=1S/C38H76N.C2H4O2/c1-5-7-9-11-13-15-17-19-21-23-25-27-29-31-33-35-37-39(3,4)38-36-34-32-30-28-26-24-22-20-18-16-14-12-10-8-6-2;1-2(3)4/h35-38H,5-34H2,1-4H3;1H3,(H,3,4)/q+1;/p-1/b37-35+,38-36+;. The molecule has 0 unspecified atom stereocenters. The van der Waals surface area contributed by atoms with Crippen molar-refractivity contribution in [3.05, 3.63) is 24.6 Å². The van der Waals surface area contributed by atoms with Crippen molar-refractivity contribution in [3.8, 4) is 0 Å². The molecule has 0 aromatic rings. The van der Waals surface area contributed by atoms with Crippen LogP contribution in [-0.4, -0.2) is 24.5 Å². The van der Waals surface area contributed by atoms with Gasteiger partial charge in [-0.3, -0.25) is 4.48 Å². The van der Waals surface area contributed by atoms with E-state index in [4.69, 9.17) is 9.90 Å². The number of rotatable bonds is 32. The van der Waals surface area contributed by atoms with Gasteiger partial charge in [-0.25, -0.2) is 0 Å². The molecule has 0 amide bonds. The zero-order chi connectivity index (χ0) is 32.1. The number of carboxylic acid groups (broad SMARTS) is 1. The zero-order valence-electron chi connectivity index (χ0n) is 30.3. The SMILES string of the molecule is CC(=O)[O-].CCCCCCCCCCCCCCCC/C=C/[N+](C)(C)/C=C/CCCCCCCCCCCCCCCC. The van der Waals surface area contributed by atoms with Crippen LogP contribution < -0.4 is 5.11 Å². The predicted molar refractivity (Wildman–Crippen MR) is 191 cm³/mol. The quantitative estimate of drug-likeness (QED) is 0.0565. The number of hydrogen-bond donors (Lipinski definition) is 0. The van der Waals surface area contributed by atoms with Crippen LogP contribution in [0.2, 0.25) is 0 Å². The highest BCUT2D eigenvalue weighted by molar-refractivity contribution is 5.60. The number of carbonyl (C=O) groups is 1. The van der Waals surface area contributed by atoms with E-state index in [1.165, 1.54) is 193 Å². The van der Waals surface area contributed by atoms with Gasteiger partial charge < -0.3 is 9.90 Å². The molecule has 0 aliphatic rings. The fourth-order valence-corrected chi connectivity index (χ4v) is 5.66. The Balaban J connectivity index is 0. The summed E-state index contributed by atoms with van der Waals surface area (Å²) in [6, 6.07) is 0. The topological polar surface area (TPSA) is 40.1 Å². The van der Waals surface area contributed by atoms with Crippen molar-refractivity contribution >= 4 is 5.97 Å². The first-order chi connectivity index (χ1) is 20.9. The van der Waals surface area contributed by atoms with Crippen molar-refractivity contribution in [1.82, 2.24) is 0 Å². The molecule has 0 aromatic heterocycles. The molecule has 0 aromatic carbocycles. The van der Waals surface area contributed by atoms with E-state index in [2.05, 4.69) is 52.5 Å². The normalized spacial score (nSPS) is 11.8. The maximum absolute atomic E-state index is 8.89. The Bertz CT molecular complexity index is 547. The molecule has 0 fully saturated rings. The average Bonchev–Trinajstić information content (AvgIpc) is 2.96. The molecular formula is C40H79NO2. The van der Waals surface area contributed by atoms with E-state index in [1.807, 2.05) is 0 Å². The molecule has 0 rings (SSSR count). The van der Waals surface area contributed by atoms with Gasteiger partial charge in [0.1, 0.15) is 0 Å². The van der Waals surface area contributed by atoms with Crippen LogP contribution in [0.25, 0.3) is 0 Å². The third-order valence-electron chi connectivity index (χ3n) is 8.43. The van der Waals surface area contributed by atoms with Crippen molar-refractivity contribution in [2.24, 2.45) is 0 Å². The van der Waals surface area contributed by atoms with Crippen LogP contribution in [0, 0.1) is 0 Å². The Labute approximate surface area is 272 Å². The van der Waals surface area contributed by atoms with E-state index in [0.29, 0.717) is 0 Å². The van der Waals surface area contributed by atoms with Crippen LogP contribution in [0.5, 0.6) is 0 Å². The number of aliphatic carboxylic acids is 1. The number of carbonyl (C=O) groups excluding carboxylic acids is 1. The zero-order valence-corrected chi connectivity index (χ0v) is 30.3. The average molecular weight is 606 g/mol. The van der Waals surface area contributed by atoms with E-state index in [-0.39, 0.29) is 0 Å². The van der Waals surface area contributed by atoms with Gasteiger partial charge in [-0.15, -0.1) is 0 Å². The Morgan fingerprint density at radius 1 is 0.442 bits per heavy atom. The second-order valence-electron chi connectivity index (χ2n) is 13.7. The van der Waals surface area contributed by atoms with Crippen LogP contribution in [0.3, 0.4) is 0 Å². The summed E-state index contributed by atoms with van der Waals surface area (Å²) in [5.74, 6) is -1.08. The molecule has 0 aliphatic heterocycles. The lowest BCUT2D eigenvalue weighted by atomic mass is 10.0. The van der Waals surface area contributed by atoms with E-state index < -0.39 is 5.97 Å². The molecule has 256 valence electrons. The van der Waals surface area contributed by atoms with Crippen LogP contribution in [0.15, 0.2) is 24.6 Å². The first kappa shape index (κ1) is 44.0. The second kappa shape index (κ2) is 37.1. The first-order valence-electron chi connectivity index (χ1n) is 19.2. The fraction of sp³-hybridized carbons (Fsp3) is 0.875. The number of hydrogen-bond acceptors (Lipinski definition) is 2. The van der Waals surface area contributed by atoms with Gasteiger partial charge >= 0.3 is 0 Å². The number of allylic oxidation sites excluding steroid dienone is 2. The monoisotopic (exact) mass is 606 g/mol. The van der Waals surface area contributed by atoms with Crippen molar-refractivity contribution in [1.29, 1.82) is 0 Å². The van der Waals surface area contributed by atoms with Gasteiger partial charge in [0.05, 0.1) is 26.5 Å². The minimum Gasteiger partial charge on any atom is -0.550 e. The number of carboxylic acids is 1. The summed E-state index contributed by atoms with van der Waals surface area (Å²) in [4.78, 5) is 8.89. The lowest BCUT2D eigenvalue weighted by Crippen LogP contribution is -2.25. The van der Waals surface area contributed by atoms with Gasteiger partial charge in [0.15, 0.2) is 0 Å². The van der Waals surface area contributed by atoms with Gasteiger partial charge in [-0.2, -0.15) is 0 Å². The Morgan fingerprint density at radius 2 is 0.628 bits per heavy atom. The highest BCUT2D eigenvalue weighted by Crippen LogP contribution is 2.15. The number of unbranched alkanes of at least 4 members (excludes halogenated alkanes) is 28. The number of quaternary nitrogens is 1. The Morgan fingerprint density at radius 3 is 0.837 bits per heavy atom. The summed E-state index contributed by atoms with van der Waals surface area (Å²) in [5, 5.41) is 8.89. The lowest BCUT2D eigenvalue weighted by Gasteiger charge is -2.19. The minimum atomic E-state index is -1.08. The first-order valence-corrected chi connectivity index (χ1v) is 19.2. The summed E-state index contributed by atoms with van der Waals surface area (Å²) >= 11 is 0. The molecule has 0 heterocycles. The number of nitrogens with zero attached hydrogens (tertiary/aromatic N) is 1. The molecule has 0 bridgehead atoms. The summed E-state index contributed by atoms with van der Waals surface area (Å²) in [7, 11) is 4.59. The third-order valence-corrected chi connectivity index (χ3v) is 8.43. The maximum atomic E-state index is 8.89. The largest absolute Gasteiger partial charge is 0.550 e. The molecule has 0 saturated heterocycles. The van der Waals surface area contributed by atoms with Crippen molar-refractivity contribution in [2.45, 2.75) is 213 Å². The van der Waals surface area contributed by atoms with Gasteiger partial charge in [0.25, 0.3) is 0 Å². The van der Waals surface area contributed by atoms with Gasteiger partial charge in [-0.05, 0) is 44.8 Å². The predicted octanol–water partition coefficient (Wildman–Crippen LogP) is 12.6.